The van der Waals surface area contributed by atoms with E-state index in [4.69, 9.17) is 15.2 Å². The minimum Gasteiger partial charge on any atom is -0.496 e. The third-order valence-corrected chi connectivity index (χ3v) is 3.65. The van der Waals surface area contributed by atoms with Crippen molar-refractivity contribution in [1.29, 1.82) is 0 Å². The molecule has 0 spiro atoms. The Labute approximate surface area is 172 Å². The van der Waals surface area contributed by atoms with Crippen molar-refractivity contribution in [3.63, 3.8) is 0 Å². The third kappa shape index (κ3) is 6.05. The van der Waals surface area contributed by atoms with E-state index < -0.39 is 0 Å². The molecule has 0 saturated carbocycles. The molecule has 0 bridgehead atoms. The maximum Gasteiger partial charge on any atom is 0.193 e. The fourth-order valence-electron chi connectivity index (χ4n) is 2.47. The van der Waals surface area contributed by atoms with Crippen molar-refractivity contribution in [1.82, 2.24) is 4.98 Å². The number of hydrogen-bond donors (Lipinski definition) is 2. The fraction of sp³-hybridized carbons (Fsp3) is 0.368. The second-order valence-electron chi connectivity index (χ2n) is 6.06. The number of aryl methyl sites for hydroxylation is 1. The molecule has 0 aliphatic heterocycles. The molecule has 0 atom stereocenters. The van der Waals surface area contributed by atoms with E-state index in [2.05, 4.69) is 15.3 Å². The van der Waals surface area contributed by atoms with Crippen molar-refractivity contribution in [3.05, 3.63) is 47.3 Å². The van der Waals surface area contributed by atoms with Gasteiger partial charge in [0.2, 0.25) is 0 Å². The molecule has 2 rings (SSSR count). The lowest BCUT2D eigenvalue weighted by Gasteiger charge is -2.12. The van der Waals surface area contributed by atoms with Crippen LogP contribution in [0.5, 0.6) is 11.5 Å². The van der Waals surface area contributed by atoms with Crippen molar-refractivity contribution in [2.24, 2.45) is 10.7 Å². The second-order valence-corrected chi connectivity index (χ2v) is 6.06. The standard InChI is InChI=1S/C19H26N4O2.HI/c1-12(2)25-16-8-6-15(7-9-16)23-19(20)22-11-17-14(4)18(24-5)13(3)10-21-17;/h6-10,12H,11H2,1-5H3,(H3,20,22,23);1H. The van der Waals surface area contributed by atoms with Gasteiger partial charge in [0.15, 0.2) is 5.96 Å². The molecule has 1 aromatic heterocycles. The van der Waals surface area contributed by atoms with Gasteiger partial charge in [-0.15, -0.1) is 24.0 Å². The van der Waals surface area contributed by atoms with Crippen LogP contribution in [0.2, 0.25) is 0 Å². The van der Waals surface area contributed by atoms with Crippen molar-refractivity contribution in [2.45, 2.75) is 40.3 Å². The lowest BCUT2D eigenvalue weighted by atomic mass is 10.1. The molecule has 2 aromatic rings. The number of methoxy groups -OCH3 is 1. The molecule has 0 radical (unpaired) electrons. The molecule has 6 nitrogen and oxygen atoms in total. The molecule has 1 heterocycles. The van der Waals surface area contributed by atoms with Crippen molar-refractivity contribution < 1.29 is 9.47 Å². The smallest absolute Gasteiger partial charge is 0.193 e. The number of aliphatic imine (C=N–C) groups is 1. The van der Waals surface area contributed by atoms with Crippen LogP contribution < -0.4 is 20.5 Å². The summed E-state index contributed by atoms with van der Waals surface area (Å²) in [6, 6.07) is 7.59. The number of nitrogens with one attached hydrogen (secondary N) is 1. The summed E-state index contributed by atoms with van der Waals surface area (Å²) in [4.78, 5) is 8.78. The van der Waals surface area contributed by atoms with Crippen LogP contribution in [-0.4, -0.2) is 24.2 Å². The molecular weight excluding hydrogens is 443 g/mol. The monoisotopic (exact) mass is 470 g/mol. The van der Waals surface area contributed by atoms with Gasteiger partial charge in [0.25, 0.3) is 0 Å². The summed E-state index contributed by atoms with van der Waals surface area (Å²) in [7, 11) is 1.66. The van der Waals surface area contributed by atoms with E-state index in [9.17, 15) is 0 Å². The first-order valence-corrected chi connectivity index (χ1v) is 8.23. The van der Waals surface area contributed by atoms with Crippen molar-refractivity contribution in [2.75, 3.05) is 12.4 Å². The Morgan fingerprint density at radius 1 is 1.23 bits per heavy atom. The van der Waals surface area contributed by atoms with Crippen molar-refractivity contribution in [3.8, 4) is 11.5 Å². The molecule has 26 heavy (non-hydrogen) atoms. The van der Waals surface area contributed by atoms with Gasteiger partial charge in [-0.3, -0.25) is 4.98 Å². The first-order chi connectivity index (χ1) is 11.9. The molecule has 3 N–H and O–H groups in total. The van der Waals surface area contributed by atoms with Crippen LogP contribution in [0, 0.1) is 13.8 Å². The van der Waals surface area contributed by atoms with Gasteiger partial charge in [-0.1, -0.05) is 0 Å². The Bertz CT molecular complexity index is 746. The second kappa shape index (κ2) is 10.2. The van der Waals surface area contributed by atoms with E-state index in [-0.39, 0.29) is 30.1 Å². The molecule has 142 valence electrons. The van der Waals surface area contributed by atoms with Crippen LogP contribution in [-0.2, 0) is 6.54 Å². The van der Waals surface area contributed by atoms with Crippen LogP contribution in [0.1, 0.15) is 30.7 Å². The summed E-state index contributed by atoms with van der Waals surface area (Å²) >= 11 is 0. The lowest BCUT2D eigenvalue weighted by molar-refractivity contribution is 0.242. The predicted octanol–water partition coefficient (Wildman–Crippen LogP) is 4.04. The SMILES string of the molecule is COc1c(C)cnc(CN=C(N)Nc2ccc(OC(C)C)cc2)c1C.I. The summed E-state index contributed by atoms with van der Waals surface area (Å²) in [6.07, 6.45) is 1.93. The fourth-order valence-corrected chi connectivity index (χ4v) is 2.47. The average molecular weight is 470 g/mol. The van der Waals surface area contributed by atoms with E-state index in [0.29, 0.717) is 12.5 Å². The average Bonchev–Trinajstić information content (AvgIpc) is 2.56. The highest BCUT2D eigenvalue weighted by Crippen LogP contribution is 2.24. The van der Waals surface area contributed by atoms with Gasteiger partial charge in [0, 0.05) is 23.0 Å². The van der Waals surface area contributed by atoms with Crippen molar-refractivity contribution >= 4 is 35.6 Å². The van der Waals surface area contributed by atoms with E-state index in [1.54, 1.807) is 13.3 Å². The Morgan fingerprint density at radius 3 is 2.46 bits per heavy atom. The van der Waals surface area contributed by atoms with Crippen LogP contribution in [0.4, 0.5) is 5.69 Å². The van der Waals surface area contributed by atoms with E-state index in [1.807, 2.05) is 52.0 Å². The van der Waals surface area contributed by atoms with Gasteiger partial charge in [-0.2, -0.15) is 0 Å². The number of guanidine groups is 1. The maximum absolute atomic E-state index is 5.97. The Balaban J connectivity index is 0.00000338. The highest BCUT2D eigenvalue weighted by atomic mass is 127. The molecule has 0 amide bonds. The molecule has 7 heteroatoms. The molecule has 0 unspecified atom stereocenters. The Kier molecular flexibility index (Phi) is 8.64. The van der Waals surface area contributed by atoms with Crippen LogP contribution in [0.15, 0.2) is 35.5 Å². The van der Waals surface area contributed by atoms with Crippen LogP contribution in [0.25, 0.3) is 0 Å². The first-order valence-electron chi connectivity index (χ1n) is 8.23. The highest BCUT2D eigenvalue weighted by Gasteiger charge is 2.09. The quantitative estimate of drug-likeness (QED) is 0.379. The minimum atomic E-state index is 0. The number of ether oxygens (including phenoxy) is 2. The van der Waals surface area contributed by atoms with E-state index >= 15 is 0 Å². The van der Waals surface area contributed by atoms with Gasteiger partial charge in [-0.05, 0) is 52.0 Å². The number of aromatic nitrogens is 1. The van der Waals surface area contributed by atoms with Gasteiger partial charge in [0.05, 0.1) is 25.5 Å². The number of halogens is 1. The van der Waals surface area contributed by atoms with Gasteiger partial charge in [0.1, 0.15) is 11.5 Å². The Morgan fingerprint density at radius 2 is 1.88 bits per heavy atom. The number of nitrogens with zero attached hydrogens (tertiary/aromatic N) is 2. The first kappa shape index (κ1) is 22.0. The number of nitrogens with two attached hydrogens (primary N) is 1. The summed E-state index contributed by atoms with van der Waals surface area (Å²) in [5.74, 6) is 1.99. The van der Waals surface area contributed by atoms with Crippen LogP contribution >= 0.6 is 24.0 Å². The van der Waals surface area contributed by atoms with Gasteiger partial charge in [-0.25, -0.2) is 4.99 Å². The Hall–Kier alpha value is -2.03. The lowest BCUT2D eigenvalue weighted by Crippen LogP contribution is -2.22. The summed E-state index contributed by atoms with van der Waals surface area (Å²) in [6.45, 7) is 8.31. The molecule has 0 fully saturated rings. The number of benzene rings is 1. The zero-order valence-electron chi connectivity index (χ0n) is 15.9. The predicted molar refractivity (Wildman–Crippen MR) is 117 cm³/mol. The number of rotatable bonds is 6. The minimum absolute atomic E-state index is 0. The summed E-state index contributed by atoms with van der Waals surface area (Å²) in [5, 5.41) is 3.07. The number of anilines is 1. The number of hydrogen-bond acceptors (Lipinski definition) is 4. The summed E-state index contributed by atoms with van der Waals surface area (Å²) < 4.78 is 11.0. The molecule has 1 aromatic carbocycles. The normalized spacial score (nSPS) is 11.1. The molecule has 0 aliphatic carbocycles. The van der Waals surface area contributed by atoms with Crippen LogP contribution in [0.3, 0.4) is 0 Å². The zero-order chi connectivity index (χ0) is 18.4. The topological polar surface area (TPSA) is 81.8 Å². The molecule has 0 saturated heterocycles. The highest BCUT2D eigenvalue weighted by molar-refractivity contribution is 14.0. The summed E-state index contributed by atoms with van der Waals surface area (Å²) in [5.41, 5.74) is 9.65. The largest absolute Gasteiger partial charge is 0.496 e. The number of pyridine rings is 1. The third-order valence-electron chi connectivity index (χ3n) is 3.65. The van der Waals surface area contributed by atoms with E-state index in [1.165, 1.54) is 0 Å². The van der Waals surface area contributed by atoms with Gasteiger partial charge >= 0.3 is 0 Å². The van der Waals surface area contributed by atoms with E-state index in [0.717, 1.165) is 34.0 Å². The van der Waals surface area contributed by atoms with Gasteiger partial charge < -0.3 is 20.5 Å². The molecule has 0 aliphatic rings. The molecular formula is C19H27IN4O2. The maximum atomic E-state index is 5.97. The zero-order valence-corrected chi connectivity index (χ0v) is 18.2.